The fourth-order valence-electron chi connectivity index (χ4n) is 1.41. The monoisotopic (exact) mass is 246 g/mol. The molecule has 2 rings (SSSR count). The van der Waals surface area contributed by atoms with Gasteiger partial charge in [-0.2, -0.15) is 0 Å². The molecule has 0 aliphatic heterocycles. The summed E-state index contributed by atoms with van der Waals surface area (Å²) >= 11 is 0. The lowest BCUT2D eigenvalue weighted by atomic mass is 10.2. The van der Waals surface area contributed by atoms with E-state index in [4.69, 9.17) is 9.47 Å². The Bertz CT molecular complexity index is 570. The van der Waals surface area contributed by atoms with Crippen molar-refractivity contribution in [2.45, 2.75) is 26.4 Å². The van der Waals surface area contributed by atoms with Crippen LogP contribution in [0.3, 0.4) is 0 Å². The van der Waals surface area contributed by atoms with Crippen LogP contribution in [0.1, 0.15) is 20.8 Å². The van der Waals surface area contributed by atoms with E-state index >= 15 is 0 Å². The molecule has 0 N–H and O–H groups in total. The summed E-state index contributed by atoms with van der Waals surface area (Å²) in [7, 11) is 0. The number of pyridine rings is 2. The first-order valence-corrected chi connectivity index (χ1v) is 5.56. The van der Waals surface area contributed by atoms with Gasteiger partial charge in [-0.05, 0) is 32.9 Å². The van der Waals surface area contributed by atoms with Crippen LogP contribution in [0.25, 0.3) is 11.0 Å². The molecule has 0 saturated carbocycles. The Morgan fingerprint density at radius 3 is 2.61 bits per heavy atom. The molecule has 0 atom stereocenters. The van der Waals surface area contributed by atoms with Crippen molar-refractivity contribution in [3.8, 4) is 5.75 Å². The summed E-state index contributed by atoms with van der Waals surface area (Å²) in [6.45, 7) is 5.33. The highest BCUT2D eigenvalue weighted by Gasteiger charge is 2.18. The summed E-state index contributed by atoms with van der Waals surface area (Å²) in [5.74, 6) is 0.391. The van der Waals surface area contributed by atoms with Gasteiger partial charge in [0.25, 0.3) is 0 Å². The number of ether oxygens (including phenoxy) is 2. The van der Waals surface area contributed by atoms with Crippen LogP contribution in [-0.2, 0) is 4.74 Å². The van der Waals surface area contributed by atoms with Crippen molar-refractivity contribution in [3.05, 3.63) is 30.6 Å². The largest absolute Gasteiger partial charge is 0.514 e. The standard InChI is InChI=1S/C13H14N2O3/c1-13(2,3)18-12(16)17-10-6-8-15-11-9(10)5-4-7-14-11/h4-8H,1-3H3. The lowest BCUT2D eigenvalue weighted by molar-refractivity contribution is 0.0209. The SMILES string of the molecule is CC(C)(C)OC(=O)Oc1ccnc2ncccc12. The Labute approximate surface area is 105 Å². The quantitative estimate of drug-likeness (QED) is 0.724. The average Bonchev–Trinajstić information content (AvgIpc) is 2.27. The van der Waals surface area contributed by atoms with Crippen LogP contribution in [0.15, 0.2) is 30.6 Å². The summed E-state index contributed by atoms with van der Waals surface area (Å²) < 4.78 is 10.3. The average molecular weight is 246 g/mol. The van der Waals surface area contributed by atoms with Gasteiger partial charge in [0.15, 0.2) is 5.65 Å². The maximum atomic E-state index is 11.6. The van der Waals surface area contributed by atoms with Gasteiger partial charge in [0.2, 0.25) is 0 Å². The van der Waals surface area contributed by atoms with Crippen molar-refractivity contribution in [1.29, 1.82) is 0 Å². The van der Waals surface area contributed by atoms with E-state index in [1.807, 2.05) is 0 Å². The molecule has 2 heterocycles. The number of nitrogens with zero attached hydrogens (tertiary/aromatic N) is 2. The van der Waals surface area contributed by atoms with Gasteiger partial charge in [-0.25, -0.2) is 14.8 Å². The first-order chi connectivity index (χ1) is 8.46. The molecule has 0 amide bonds. The van der Waals surface area contributed by atoms with Crippen LogP contribution in [-0.4, -0.2) is 21.7 Å². The maximum absolute atomic E-state index is 11.6. The van der Waals surface area contributed by atoms with Crippen LogP contribution in [0.4, 0.5) is 4.79 Å². The first kappa shape index (κ1) is 12.3. The molecule has 18 heavy (non-hydrogen) atoms. The molecule has 0 saturated heterocycles. The summed E-state index contributed by atoms with van der Waals surface area (Å²) in [5.41, 5.74) is -0.0587. The number of hydrogen-bond acceptors (Lipinski definition) is 5. The lowest BCUT2D eigenvalue weighted by Gasteiger charge is -2.18. The van der Waals surface area contributed by atoms with Crippen molar-refractivity contribution in [1.82, 2.24) is 9.97 Å². The van der Waals surface area contributed by atoms with E-state index in [1.165, 1.54) is 6.20 Å². The number of carbonyl (C=O) groups is 1. The molecule has 2 aromatic heterocycles. The predicted octanol–water partition coefficient (Wildman–Crippen LogP) is 2.94. The van der Waals surface area contributed by atoms with Crippen LogP contribution in [0.5, 0.6) is 5.75 Å². The summed E-state index contributed by atoms with van der Waals surface area (Å²) in [5, 5.41) is 0.672. The van der Waals surface area contributed by atoms with E-state index in [1.54, 1.807) is 45.2 Å². The van der Waals surface area contributed by atoms with Gasteiger partial charge in [-0.3, -0.25) is 0 Å². The van der Waals surface area contributed by atoms with Gasteiger partial charge in [0, 0.05) is 18.5 Å². The molecular formula is C13H14N2O3. The molecular weight excluding hydrogens is 232 g/mol. The summed E-state index contributed by atoms with van der Waals surface area (Å²) in [6.07, 6.45) is 2.43. The Kier molecular flexibility index (Phi) is 3.14. The van der Waals surface area contributed by atoms with Crippen LogP contribution >= 0.6 is 0 Å². The molecule has 5 nitrogen and oxygen atoms in total. The van der Waals surface area contributed by atoms with Gasteiger partial charge < -0.3 is 9.47 Å². The minimum Gasteiger partial charge on any atom is -0.428 e. The molecule has 2 aromatic rings. The zero-order chi connectivity index (χ0) is 13.2. The van der Waals surface area contributed by atoms with E-state index in [0.29, 0.717) is 16.8 Å². The number of rotatable bonds is 1. The van der Waals surface area contributed by atoms with E-state index in [2.05, 4.69) is 9.97 Å². The van der Waals surface area contributed by atoms with Crippen molar-refractivity contribution in [3.63, 3.8) is 0 Å². The van der Waals surface area contributed by atoms with Gasteiger partial charge in [0.1, 0.15) is 11.4 Å². The fourth-order valence-corrected chi connectivity index (χ4v) is 1.41. The Morgan fingerprint density at radius 2 is 1.89 bits per heavy atom. The second-order valence-corrected chi connectivity index (χ2v) is 4.75. The molecule has 0 unspecified atom stereocenters. The highest BCUT2D eigenvalue weighted by molar-refractivity contribution is 5.83. The van der Waals surface area contributed by atoms with Crippen LogP contribution in [0.2, 0.25) is 0 Å². The molecule has 0 aliphatic rings. The van der Waals surface area contributed by atoms with Gasteiger partial charge in [-0.15, -0.1) is 0 Å². The Hall–Kier alpha value is -2.17. The van der Waals surface area contributed by atoms with E-state index in [9.17, 15) is 4.79 Å². The van der Waals surface area contributed by atoms with E-state index in [-0.39, 0.29) is 0 Å². The van der Waals surface area contributed by atoms with Gasteiger partial charge in [-0.1, -0.05) is 0 Å². The number of aromatic nitrogens is 2. The van der Waals surface area contributed by atoms with Crippen LogP contribution < -0.4 is 4.74 Å². The van der Waals surface area contributed by atoms with Crippen molar-refractivity contribution < 1.29 is 14.3 Å². The van der Waals surface area contributed by atoms with E-state index in [0.717, 1.165) is 0 Å². The normalized spacial score (nSPS) is 11.3. The summed E-state index contributed by atoms with van der Waals surface area (Å²) in [6, 6.07) is 5.15. The molecule has 0 spiro atoms. The van der Waals surface area contributed by atoms with Gasteiger partial charge >= 0.3 is 6.16 Å². The van der Waals surface area contributed by atoms with E-state index < -0.39 is 11.8 Å². The molecule has 5 heteroatoms. The smallest absolute Gasteiger partial charge is 0.428 e. The predicted molar refractivity (Wildman–Crippen MR) is 66.4 cm³/mol. The number of hydrogen-bond donors (Lipinski definition) is 0. The zero-order valence-electron chi connectivity index (χ0n) is 10.5. The lowest BCUT2D eigenvalue weighted by Crippen LogP contribution is -2.26. The third kappa shape index (κ3) is 2.94. The second kappa shape index (κ2) is 4.60. The zero-order valence-corrected chi connectivity index (χ0v) is 10.5. The third-order valence-electron chi connectivity index (χ3n) is 2.06. The second-order valence-electron chi connectivity index (χ2n) is 4.75. The first-order valence-electron chi connectivity index (χ1n) is 5.56. The molecule has 0 bridgehead atoms. The van der Waals surface area contributed by atoms with Crippen molar-refractivity contribution in [2.75, 3.05) is 0 Å². The van der Waals surface area contributed by atoms with Crippen LogP contribution in [0, 0.1) is 0 Å². The molecule has 0 aliphatic carbocycles. The maximum Gasteiger partial charge on any atom is 0.514 e. The summed E-state index contributed by atoms with van der Waals surface area (Å²) in [4.78, 5) is 19.7. The number of fused-ring (bicyclic) bond motifs is 1. The van der Waals surface area contributed by atoms with Gasteiger partial charge in [0.05, 0.1) is 5.39 Å². The molecule has 0 aromatic carbocycles. The minimum atomic E-state index is -0.737. The fraction of sp³-hybridized carbons (Fsp3) is 0.308. The number of carbonyl (C=O) groups excluding carboxylic acids is 1. The highest BCUT2D eigenvalue weighted by atomic mass is 16.7. The molecule has 94 valence electrons. The third-order valence-corrected chi connectivity index (χ3v) is 2.06. The molecule has 0 fully saturated rings. The Balaban J connectivity index is 2.24. The Morgan fingerprint density at radius 1 is 1.17 bits per heavy atom. The highest BCUT2D eigenvalue weighted by Crippen LogP contribution is 2.22. The topological polar surface area (TPSA) is 61.3 Å². The van der Waals surface area contributed by atoms with Crippen molar-refractivity contribution >= 4 is 17.2 Å². The van der Waals surface area contributed by atoms with Crippen molar-refractivity contribution in [2.24, 2.45) is 0 Å². The minimum absolute atomic E-state index is 0.391. The molecule has 0 radical (unpaired) electrons.